The molecule has 0 aliphatic heterocycles. The summed E-state index contributed by atoms with van der Waals surface area (Å²) in [6.45, 7) is 0.744. The van der Waals surface area contributed by atoms with Crippen LogP contribution in [-0.4, -0.2) is 17.5 Å². The van der Waals surface area contributed by atoms with Gasteiger partial charge in [-0.3, -0.25) is 4.99 Å². The Morgan fingerprint density at radius 1 is 1.12 bits per heavy atom. The number of hydrogen-bond donors (Lipinski definition) is 2. The zero-order valence-electron chi connectivity index (χ0n) is 14.7. The molecule has 4 rings (SSSR count). The van der Waals surface area contributed by atoms with E-state index in [0.29, 0.717) is 5.96 Å². The maximum atomic E-state index is 6.04. The molecule has 0 unspecified atom stereocenters. The highest BCUT2D eigenvalue weighted by Gasteiger charge is 2.14. The van der Waals surface area contributed by atoms with E-state index in [1.165, 1.54) is 71.7 Å². The molecule has 4 nitrogen and oxygen atoms in total. The van der Waals surface area contributed by atoms with E-state index in [4.69, 9.17) is 10.7 Å². The van der Waals surface area contributed by atoms with Gasteiger partial charge in [-0.05, 0) is 74.6 Å². The lowest BCUT2D eigenvalue weighted by Gasteiger charge is -2.07. The van der Waals surface area contributed by atoms with Gasteiger partial charge in [0.1, 0.15) is 0 Å². The van der Waals surface area contributed by atoms with E-state index in [1.807, 2.05) is 11.3 Å². The van der Waals surface area contributed by atoms with Crippen molar-refractivity contribution in [2.75, 3.05) is 11.9 Å². The van der Waals surface area contributed by atoms with Gasteiger partial charge in [0.2, 0.25) is 0 Å². The van der Waals surface area contributed by atoms with E-state index in [1.54, 1.807) is 0 Å². The fraction of sp³-hybridized carbons (Fsp3) is 0.500. The van der Waals surface area contributed by atoms with Crippen molar-refractivity contribution >= 4 is 23.0 Å². The van der Waals surface area contributed by atoms with E-state index in [-0.39, 0.29) is 0 Å². The first-order valence-electron chi connectivity index (χ1n) is 9.44. The van der Waals surface area contributed by atoms with Gasteiger partial charge in [-0.2, -0.15) is 0 Å². The summed E-state index contributed by atoms with van der Waals surface area (Å²) in [6.07, 6.45) is 10.7. The van der Waals surface area contributed by atoms with Crippen molar-refractivity contribution in [3.8, 4) is 0 Å². The van der Waals surface area contributed by atoms with Gasteiger partial charge >= 0.3 is 0 Å². The lowest BCUT2D eigenvalue weighted by Crippen LogP contribution is -2.23. The van der Waals surface area contributed by atoms with Crippen LogP contribution in [0.5, 0.6) is 0 Å². The molecule has 0 atom stereocenters. The summed E-state index contributed by atoms with van der Waals surface area (Å²) in [4.78, 5) is 10.8. The summed E-state index contributed by atoms with van der Waals surface area (Å²) < 4.78 is 0. The van der Waals surface area contributed by atoms with E-state index < -0.39 is 0 Å². The number of benzene rings is 1. The Morgan fingerprint density at radius 3 is 2.92 bits per heavy atom. The Morgan fingerprint density at radius 2 is 2.00 bits per heavy atom. The van der Waals surface area contributed by atoms with Crippen LogP contribution in [0.25, 0.3) is 0 Å². The first-order chi connectivity index (χ1) is 12.3. The second-order valence-corrected chi connectivity index (χ2v) is 8.19. The molecule has 1 aromatic heterocycles. The van der Waals surface area contributed by atoms with Gasteiger partial charge in [0.15, 0.2) is 5.96 Å². The van der Waals surface area contributed by atoms with E-state index in [9.17, 15) is 0 Å². The quantitative estimate of drug-likeness (QED) is 0.487. The molecule has 132 valence electrons. The summed E-state index contributed by atoms with van der Waals surface area (Å²) in [7, 11) is 0. The molecule has 0 saturated carbocycles. The predicted molar refractivity (Wildman–Crippen MR) is 106 cm³/mol. The van der Waals surface area contributed by atoms with Crippen molar-refractivity contribution in [1.82, 2.24) is 4.98 Å². The van der Waals surface area contributed by atoms with E-state index >= 15 is 0 Å². The van der Waals surface area contributed by atoms with Crippen LogP contribution in [0.2, 0.25) is 0 Å². The Balaban J connectivity index is 1.26. The van der Waals surface area contributed by atoms with Gasteiger partial charge in [0, 0.05) is 23.5 Å². The molecule has 0 bridgehead atoms. The monoisotopic (exact) mass is 354 g/mol. The molecule has 3 N–H and O–H groups in total. The number of aromatic nitrogens is 1. The third-order valence-corrected chi connectivity index (χ3v) is 6.31. The van der Waals surface area contributed by atoms with Gasteiger partial charge in [0.05, 0.1) is 10.7 Å². The van der Waals surface area contributed by atoms with E-state index in [2.05, 4.69) is 28.5 Å². The molecule has 0 spiro atoms. The minimum Gasteiger partial charge on any atom is -0.370 e. The summed E-state index contributed by atoms with van der Waals surface area (Å²) in [5.41, 5.74) is 11.4. The smallest absolute Gasteiger partial charge is 0.193 e. The first-order valence-corrected chi connectivity index (χ1v) is 10.3. The van der Waals surface area contributed by atoms with Crippen LogP contribution in [0.4, 0.5) is 5.69 Å². The van der Waals surface area contributed by atoms with Crippen molar-refractivity contribution in [2.45, 2.75) is 57.8 Å². The molecule has 5 heteroatoms. The third-order valence-electron chi connectivity index (χ3n) is 5.09. The number of guanidine groups is 1. The van der Waals surface area contributed by atoms with Crippen LogP contribution in [0.3, 0.4) is 0 Å². The molecule has 2 aliphatic rings. The van der Waals surface area contributed by atoms with Gasteiger partial charge in [-0.1, -0.05) is 6.07 Å². The summed E-state index contributed by atoms with van der Waals surface area (Å²) in [6, 6.07) is 6.53. The van der Waals surface area contributed by atoms with Gasteiger partial charge in [-0.25, -0.2) is 4.98 Å². The van der Waals surface area contributed by atoms with Crippen molar-refractivity contribution in [2.24, 2.45) is 10.7 Å². The van der Waals surface area contributed by atoms with Crippen LogP contribution >= 0.6 is 11.3 Å². The van der Waals surface area contributed by atoms with Crippen LogP contribution in [0.15, 0.2) is 23.2 Å². The highest BCUT2D eigenvalue weighted by atomic mass is 32.1. The third kappa shape index (κ3) is 4.03. The Labute approximate surface area is 153 Å². The van der Waals surface area contributed by atoms with Crippen molar-refractivity contribution < 1.29 is 0 Å². The standard InChI is InChI=1S/C20H26N4S/c21-20(23-16-11-10-14-5-3-6-15(14)13-16)22-12-4-9-19-24-17-7-1-2-8-18(17)25-19/h10-11,13H,1-9,12H2,(H3,21,22,23). The molecular formula is C20H26N4S. The van der Waals surface area contributed by atoms with Crippen LogP contribution in [0, 0.1) is 0 Å². The minimum absolute atomic E-state index is 0.511. The first kappa shape index (κ1) is 16.6. The average molecular weight is 355 g/mol. The zero-order valence-corrected chi connectivity index (χ0v) is 15.5. The summed E-state index contributed by atoms with van der Waals surface area (Å²) >= 11 is 1.90. The SMILES string of the molecule is NC(=NCCCc1nc2c(s1)CCCC2)Nc1ccc2c(c1)CCC2. The molecule has 0 radical (unpaired) electrons. The molecular weight excluding hydrogens is 328 g/mol. The largest absolute Gasteiger partial charge is 0.370 e. The lowest BCUT2D eigenvalue weighted by molar-refractivity contribution is 0.679. The molecule has 2 aliphatic carbocycles. The average Bonchev–Trinajstić information content (AvgIpc) is 3.24. The highest BCUT2D eigenvalue weighted by molar-refractivity contribution is 7.11. The van der Waals surface area contributed by atoms with Crippen molar-refractivity contribution in [1.29, 1.82) is 0 Å². The summed E-state index contributed by atoms with van der Waals surface area (Å²) in [5.74, 6) is 0.511. The molecule has 1 heterocycles. The number of nitrogens with two attached hydrogens (primary N) is 1. The molecule has 25 heavy (non-hydrogen) atoms. The number of nitrogens with zero attached hydrogens (tertiary/aromatic N) is 2. The number of nitrogens with one attached hydrogen (secondary N) is 1. The number of aryl methyl sites for hydroxylation is 5. The maximum Gasteiger partial charge on any atom is 0.193 e. The Bertz CT molecular complexity index is 754. The van der Waals surface area contributed by atoms with E-state index in [0.717, 1.165) is 25.1 Å². The second-order valence-electron chi connectivity index (χ2n) is 7.02. The molecule has 0 amide bonds. The fourth-order valence-corrected chi connectivity index (χ4v) is 4.98. The number of thiazole rings is 1. The maximum absolute atomic E-state index is 6.04. The molecule has 1 aromatic carbocycles. The molecule has 2 aromatic rings. The highest BCUT2D eigenvalue weighted by Crippen LogP contribution is 2.27. The summed E-state index contributed by atoms with van der Waals surface area (Å²) in [5, 5.41) is 4.50. The lowest BCUT2D eigenvalue weighted by atomic mass is 10.0. The topological polar surface area (TPSA) is 63.3 Å². The number of anilines is 1. The predicted octanol–water partition coefficient (Wildman–Crippen LogP) is 3.87. The number of aliphatic imine (C=N–C) groups is 1. The fourth-order valence-electron chi connectivity index (χ4n) is 3.78. The van der Waals surface area contributed by atoms with Crippen molar-refractivity contribution in [3.63, 3.8) is 0 Å². The van der Waals surface area contributed by atoms with Crippen LogP contribution < -0.4 is 11.1 Å². The van der Waals surface area contributed by atoms with Crippen LogP contribution in [-0.2, 0) is 32.1 Å². The van der Waals surface area contributed by atoms with Crippen molar-refractivity contribution in [3.05, 3.63) is 44.9 Å². The van der Waals surface area contributed by atoms with Gasteiger partial charge < -0.3 is 11.1 Å². The Hall–Kier alpha value is -1.88. The zero-order chi connectivity index (χ0) is 17.1. The normalized spacial score (nSPS) is 16.6. The number of hydrogen-bond acceptors (Lipinski definition) is 3. The van der Waals surface area contributed by atoms with Gasteiger partial charge in [-0.15, -0.1) is 11.3 Å². The number of rotatable bonds is 5. The molecule has 0 fully saturated rings. The Kier molecular flexibility index (Phi) is 5.02. The van der Waals surface area contributed by atoms with Crippen LogP contribution in [0.1, 0.15) is 52.4 Å². The second kappa shape index (κ2) is 7.56. The minimum atomic E-state index is 0.511. The van der Waals surface area contributed by atoms with Gasteiger partial charge in [0.25, 0.3) is 0 Å². The molecule has 0 saturated heterocycles. The number of fused-ring (bicyclic) bond motifs is 2.